The van der Waals surface area contributed by atoms with Crippen LogP contribution in [0.5, 0.6) is 0 Å². The van der Waals surface area contributed by atoms with Gasteiger partial charge in [-0.05, 0) is 61.5 Å². The highest BCUT2D eigenvalue weighted by Gasteiger charge is 2.30. The third-order valence-corrected chi connectivity index (χ3v) is 4.02. The smallest absolute Gasteiger partial charge is 0.354 e. The highest BCUT2D eigenvalue weighted by atomic mass is 19.4. The molecule has 1 amide bonds. The fraction of sp³-hybridized carbons (Fsp3) is 0.0952. The summed E-state index contributed by atoms with van der Waals surface area (Å²) < 4.78 is 38.3. The number of alkyl halides is 3. The van der Waals surface area contributed by atoms with Gasteiger partial charge in [0.2, 0.25) is 0 Å². The molecule has 148 valence electrons. The van der Waals surface area contributed by atoms with Gasteiger partial charge in [0.05, 0.1) is 17.4 Å². The number of hydrogen-bond donors (Lipinski definition) is 2. The third-order valence-electron chi connectivity index (χ3n) is 4.02. The molecule has 0 unspecified atom stereocenters. The maximum absolute atomic E-state index is 12.8. The SMILES string of the molecule is CC(=O)c1ccc(Nc2ccc(C(=O)Nc3cccc(C(F)(F)F)c3)nc2)cc1. The number of nitrogens with one attached hydrogen (secondary N) is 2. The monoisotopic (exact) mass is 399 g/mol. The van der Waals surface area contributed by atoms with Gasteiger partial charge in [-0.3, -0.25) is 9.59 Å². The Bertz CT molecular complexity index is 1030. The van der Waals surface area contributed by atoms with Crippen molar-refractivity contribution in [3.63, 3.8) is 0 Å². The van der Waals surface area contributed by atoms with E-state index in [4.69, 9.17) is 0 Å². The van der Waals surface area contributed by atoms with E-state index in [0.717, 1.165) is 17.8 Å². The predicted octanol–water partition coefficient (Wildman–Crippen LogP) is 5.30. The van der Waals surface area contributed by atoms with Gasteiger partial charge < -0.3 is 10.6 Å². The molecule has 3 aromatic rings. The van der Waals surface area contributed by atoms with Gasteiger partial charge in [-0.1, -0.05) is 6.07 Å². The van der Waals surface area contributed by atoms with E-state index >= 15 is 0 Å². The molecule has 1 aromatic heterocycles. The average molecular weight is 399 g/mol. The first-order valence-corrected chi connectivity index (χ1v) is 8.55. The number of nitrogens with zero attached hydrogens (tertiary/aromatic N) is 1. The number of anilines is 3. The zero-order valence-corrected chi connectivity index (χ0v) is 15.2. The Balaban J connectivity index is 1.66. The topological polar surface area (TPSA) is 71.1 Å². The van der Waals surface area contributed by atoms with Crippen molar-refractivity contribution in [3.8, 4) is 0 Å². The zero-order chi connectivity index (χ0) is 21.0. The van der Waals surface area contributed by atoms with E-state index in [0.29, 0.717) is 11.3 Å². The Hall–Kier alpha value is -3.68. The number of pyridine rings is 1. The fourth-order valence-corrected chi connectivity index (χ4v) is 2.53. The average Bonchev–Trinajstić information content (AvgIpc) is 2.68. The van der Waals surface area contributed by atoms with E-state index in [1.165, 1.54) is 31.3 Å². The van der Waals surface area contributed by atoms with E-state index in [1.54, 1.807) is 30.3 Å². The molecular weight excluding hydrogens is 383 g/mol. The van der Waals surface area contributed by atoms with E-state index in [9.17, 15) is 22.8 Å². The Morgan fingerprint density at radius 2 is 1.59 bits per heavy atom. The number of benzene rings is 2. The molecule has 1 heterocycles. The molecule has 5 nitrogen and oxygen atoms in total. The Morgan fingerprint density at radius 1 is 0.897 bits per heavy atom. The summed E-state index contributed by atoms with van der Waals surface area (Å²) in [6.07, 6.45) is -3.06. The summed E-state index contributed by atoms with van der Waals surface area (Å²) in [7, 11) is 0. The van der Waals surface area contributed by atoms with Crippen molar-refractivity contribution in [2.24, 2.45) is 0 Å². The molecule has 0 spiro atoms. The van der Waals surface area contributed by atoms with Crippen LogP contribution in [0.2, 0.25) is 0 Å². The molecule has 3 rings (SSSR count). The van der Waals surface area contributed by atoms with Gasteiger partial charge in [0.15, 0.2) is 5.78 Å². The molecular formula is C21H16F3N3O2. The van der Waals surface area contributed by atoms with Crippen molar-refractivity contribution in [2.75, 3.05) is 10.6 Å². The number of carbonyl (C=O) groups excluding carboxylic acids is 2. The van der Waals surface area contributed by atoms with Crippen LogP contribution in [0.1, 0.15) is 33.3 Å². The lowest BCUT2D eigenvalue weighted by Gasteiger charge is -2.10. The first kappa shape index (κ1) is 20.1. The quantitative estimate of drug-likeness (QED) is 0.571. The first-order valence-electron chi connectivity index (χ1n) is 8.55. The summed E-state index contributed by atoms with van der Waals surface area (Å²) in [5.74, 6) is -0.656. The van der Waals surface area contributed by atoms with E-state index in [2.05, 4.69) is 15.6 Å². The third kappa shape index (κ3) is 5.19. The molecule has 0 aliphatic rings. The minimum Gasteiger partial charge on any atom is -0.354 e. The molecule has 0 bridgehead atoms. The van der Waals surface area contributed by atoms with Crippen LogP contribution in [0.4, 0.5) is 30.2 Å². The molecule has 0 fully saturated rings. The molecule has 0 atom stereocenters. The van der Waals surface area contributed by atoms with Gasteiger partial charge in [0.25, 0.3) is 5.91 Å². The number of Topliss-reactive ketones (excluding diaryl/α,β-unsaturated/α-hetero) is 1. The molecule has 2 aromatic carbocycles. The Kier molecular flexibility index (Phi) is 5.63. The van der Waals surface area contributed by atoms with Crippen LogP contribution in [-0.4, -0.2) is 16.7 Å². The largest absolute Gasteiger partial charge is 0.416 e. The molecule has 0 aliphatic heterocycles. The Morgan fingerprint density at radius 3 is 2.17 bits per heavy atom. The Labute approximate surface area is 164 Å². The van der Waals surface area contributed by atoms with Crippen molar-refractivity contribution in [3.05, 3.63) is 83.7 Å². The van der Waals surface area contributed by atoms with Crippen molar-refractivity contribution < 1.29 is 22.8 Å². The second kappa shape index (κ2) is 8.14. The van der Waals surface area contributed by atoms with Crippen LogP contribution >= 0.6 is 0 Å². The number of carbonyl (C=O) groups is 2. The summed E-state index contributed by atoms with van der Waals surface area (Å²) in [6.45, 7) is 1.48. The zero-order valence-electron chi connectivity index (χ0n) is 15.2. The van der Waals surface area contributed by atoms with E-state index < -0.39 is 17.6 Å². The summed E-state index contributed by atoms with van der Waals surface area (Å²) in [5.41, 5.74) is 1.17. The number of rotatable bonds is 5. The van der Waals surface area contributed by atoms with Gasteiger partial charge in [0, 0.05) is 16.9 Å². The van der Waals surface area contributed by atoms with Crippen molar-refractivity contribution >= 4 is 28.8 Å². The molecule has 2 N–H and O–H groups in total. The number of hydrogen-bond acceptors (Lipinski definition) is 4. The first-order chi connectivity index (χ1) is 13.7. The summed E-state index contributed by atoms with van der Waals surface area (Å²) in [6, 6.07) is 14.3. The van der Waals surface area contributed by atoms with E-state index in [-0.39, 0.29) is 17.2 Å². The highest BCUT2D eigenvalue weighted by Crippen LogP contribution is 2.30. The lowest BCUT2D eigenvalue weighted by Crippen LogP contribution is -2.14. The van der Waals surface area contributed by atoms with Crippen LogP contribution in [0.3, 0.4) is 0 Å². The van der Waals surface area contributed by atoms with Crippen molar-refractivity contribution in [1.29, 1.82) is 0 Å². The summed E-state index contributed by atoms with van der Waals surface area (Å²) >= 11 is 0. The second-order valence-corrected chi connectivity index (χ2v) is 6.22. The minimum atomic E-state index is -4.49. The summed E-state index contributed by atoms with van der Waals surface area (Å²) in [5, 5.41) is 5.48. The molecule has 0 saturated carbocycles. The van der Waals surface area contributed by atoms with Gasteiger partial charge in [0.1, 0.15) is 5.69 Å². The molecule has 0 radical (unpaired) electrons. The minimum absolute atomic E-state index is 0.0272. The van der Waals surface area contributed by atoms with Crippen LogP contribution < -0.4 is 10.6 Å². The number of halogens is 3. The van der Waals surface area contributed by atoms with Crippen molar-refractivity contribution in [2.45, 2.75) is 13.1 Å². The normalized spacial score (nSPS) is 11.0. The van der Waals surface area contributed by atoms with Crippen LogP contribution in [0.25, 0.3) is 0 Å². The van der Waals surface area contributed by atoms with Gasteiger partial charge >= 0.3 is 6.18 Å². The van der Waals surface area contributed by atoms with E-state index in [1.807, 2.05) is 0 Å². The number of amides is 1. The van der Waals surface area contributed by atoms with Gasteiger partial charge in [-0.25, -0.2) is 4.98 Å². The predicted molar refractivity (Wildman–Crippen MR) is 103 cm³/mol. The fourth-order valence-electron chi connectivity index (χ4n) is 2.53. The summed E-state index contributed by atoms with van der Waals surface area (Å²) in [4.78, 5) is 27.6. The molecule has 0 aliphatic carbocycles. The molecule has 29 heavy (non-hydrogen) atoms. The van der Waals surface area contributed by atoms with Gasteiger partial charge in [-0.15, -0.1) is 0 Å². The molecule has 0 saturated heterocycles. The second-order valence-electron chi connectivity index (χ2n) is 6.22. The van der Waals surface area contributed by atoms with Crippen LogP contribution in [-0.2, 0) is 6.18 Å². The van der Waals surface area contributed by atoms with Gasteiger partial charge in [-0.2, -0.15) is 13.2 Å². The number of aromatic nitrogens is 1. The lowest BCUT2D eigenvalue weighted by molar-refractivity contribution is -0.137. The highest BCUT2D eigenvalue weighted by molar-refractivity contribution is 6.03. The lowest BCUT2D eigenvalue weighted by atomic mass is 10.1. The van der Waals surface area contributed by atoms with Crippen LogP contribution in [0.15, 0.2) is 66.9 Å². The standard InChI is InChI=1S/C21H16F3N3O2/c1-13(28)14-5-7-16(8-6-14)26-18-9-10-19(25-12-18)20(29)27-17-4-2-3-15(11-17)21(22,23)24/h2-12,26H,1H3,(H,27,29). The van der Waals surface area contributed by atoms with Crippen molar-refractivity contribution in [1.82, 2.24) is 4.98 Å². The molecule has 8 heteroatoms. The maximum Gasteiger partial charge on any atom is 0.416 e. The number of ketones is 1. The maximum atomic E-state index is 12.8. The van der Waals surface area contributed by atoms with Crippen LogP contribution in [0, 0.1) is 0 Å².